The Morgan fingerprint density at radius 2 is 1.81 bits per heavy atom. The van der Waals surface area contributed by atoms with Crippen molar-refractivity contribution in [3.05, 3.63) is 72.3 Å². The minimum Gasteiger partial charge on any atom is -0.372 e. The molecular formula is C21H22N4O. The zero-order valence-electron chi connectivity index (χ0n) is 14.9. The second-order valence-corrected chi connectivity index (χ2v) is 6.63. The van der Waals surface area contributed by atoms with Gasteiger partial charge in [0.2, 0.25) is 0 Å². The molecule has 1 aromatic heterocycles. The average Bonchev–Trinajstić information content (AvgIpc) is 3.36. The van der Waals surface area contributed by atoms with Crippen LogP contribution in [0.4, 0.5) is 11.4 Å². The number of imidazole rings is 1. The molecule has 1 aliphatic heterocycles. The van der Waals surface area contributed by atoms with E-state index in [-0.39, 0.29) is 5.91 Å². The van der Waals surface area contributed by atoms with Crippen molar-refractivity contribution in [2.45, 2.75) is 19.8 Å². The first kappa shape index (κ1) is 16.4. The predicted molar refractivity (Wildman–Crippen MR) is 104 cm³/mol. The Balaban J connectivity index is 1.55. The molecule has 2 heterocycles. The molecule has 132 valence electrons. The number of amides is 1. The topological polar surface area (TPSA) is 50.2 Å². The molecule has 5 heteroatoms. The van der Waals surface area contributed by atoms with E-state index >= 15 is 0 Å². The maximum Gasteiger partial charge on any atom is 0.274 e. The first-order chi connectivity index (χ1) is 12.7. The summed E-state index contributed by atoms with van der Waals surface area (Å²) in [6, 6.07) is 16.0. The normalized spacial score (nSPS) is 13.8. The van der Waals surface area contributed by atoms with E-state index in [0.29, 0.717) is 5.69 Å². The largest absolute Gasteiger partial charge is 0.372 e. The quantitative estimate of drug-likeness (QED) is 0.776. The van der Waals surface area contributed by atoms with Crippen molar-refractivity contribution in [3.8, 4) is 5.69 Å². The summed E-state index contributed by atoms with van der Waals surface area (Å²) in [7, 11) is 0. The van der Waals surface area contributed by atoms with Gasteiger partial charge in [-0.25, -0.2) is 4.98 Å². The van der Waals surface area contributed by atoms with E-state index in [0.717, 1.165) is 30.0 Å². The molecular weight excluding hydrogens is 324 g/mol. The highest BCUT2D eigenvalue weighted by Gasteiger charge is 2.16. The standard InChI is InChI=1S/C21H22N4O/c1-16-13-18(24-11-5-6-12-24)9-10-19(16)23-21(26)20-14-22-15-25(20)17-7-3-2-4-8-17/h2-4,7-10,13-15H,5-6,11-12H2,1H3,(H,23,26). The smallest absolute Gasteiger partial charge is 0.274 e. The van der Waals surface area contributed by atoms with E-state index in [1.165, 1.54) is 18.5 Å². The highest BCUT2D eigenvalue weighted by Crippen LogP contribution is 2.26. The molecule has 2 aromatic carbocycles. The van der Waals surface area contributed by atoms with Crippen LogP contribution in [0, 0.1) is 6.92 Å². The van der Waals surface area contributed by atoms with E-state index in [1.54, 1.807) is 17.1 Å². The van der Waals surface area contributed by atoms with Crippen molar-refractivity contribution in [1.29, 1.82) is 0 Å². The van der Waals surface area contributed by atoms with Crippen LogP contribution in [0.1, 0.15) is 28.9 Å². The molecule has 0 unspecified atom stereocenters. The molecule has 0 atom stereocenters. The highest BCUT2D eigenvalue weighted by molar-refractivity contribution is 6.03. The van der Waals surface area contributed by atoms with Crippen LogP contribution in [0.2, 0.25) is 0 Å². The molecule has 1 saturated heterocycles. The summed E-state index contributed by atoms with van der Waals surface area (Å²) in [5.41, 5.74) is 4.55. The SMILES string of the molecule is Cc1cc(N2CCCC2)ccc1NC(=O)c1cncn1-c1ccccc1. The summed E-state index contributed by atoms with van der Waals surface area (Å²) in [5.74, 6) is -0.164. The third-order valence-corrected chi connectivity index (χ3v) is 4.83. The molecule has 0 spiro atoms. The highest BCUT2D eigenvalue weighted by atomic mass is 16.2. The van der Waals surface area contributed by atoms with E-state index < -0.39 is 0 Å². The number of benzene rings is 2. The van der Waals surface area contributed by atoms with Crippen LogP contribution in [-0.2, 0) is 0 Å². The summed E-state index contributed by atoms with van der Waals surface area (Å²) < 4.78 is 1.79. The Labute approximate surface area is 153 Å². The van der Waals surface area contributed by atoms with Crippen LogP contribution in [0.5, 0.6) is 0 Å². The van der Waals surface area contributed by atoms with Gasteiger partial charge in [-0.1, -0.05) is 18.2 Å². The molecule has 4 rings (SSSR count). The number of nitrogens with one attached hydrogen (secondary N) is 1. The molecule has 1 amide bonds. The third kappa shape index (κ3) is 3.20. The number of hydrogen-bond acceptors (Lipinski definition) is 3. The number of carbonyl (C=O) groups is 1. The lowest BCUT2D eigenvalue weighted by molar-refractivity contribution is 0.102. The van der Waals surface area contributed by atoms with Gasteiger partial charge in [0.1, 0.15) is 5.69 Å². The van der Waals surface area contributed by atoms with Crippen molar-refractivity contribution in [3.63, 3.8) is 0 Å². The van der Waals surface area contributed by atoms with Gasteiger partial charge in [-0.05, 0) is 55.7 Å². The maximum absolute atomic E-state index is 12.8. The average molecular weight is 346 g/mol. The maximum atomic E-state index is 12.8. The van der Waals surface area contributed by atoms with Gasteiger partial charge in [0.15, 0.2) is 0 Å². The number of aromatic nitrogens is 2. The van der Waals surface area contributed by atoms with E-state index in [4.69, 9.17) is 0 Å². The molecule has 0 aliphatic carbocycles. The number of hydrogen-bond donors (Lipinski definition) is 1. The number of rotatable bonds is 4. The summed E-state index contributed by atoms with van der Waals surface area (Å²) in [5, 5.41) is 3.02. The van der Waals surface area contributed by atoms with Crippen LogP contribution < -0.4 is 10.2 Å². The number of para-hydroxylation sites is 1. The van der Waals surface area contributed by atoms with E-state index in [9.17, 15) is 4.79 Å². The lowest BCUT2D eigenvalue weighted by Crippen LogP contribution is -2.19. The minimum absolute atomic E-state index is 0.164. The molecule has 0 radical (unpaired) electrons. The van der Waals surface area contributed by atoms with Gasteiger partial charge < -0.3 is 10.2 Å². The number of aryl methyl sites for hydroxylation is 1. The first-order valence-electron chi connectivity index (χ1n) is 8.97. The van der Waals surface area contributed by atoms with E-state index in [2.05, 4.69) is 27.3 Å². The van der Waals surface area contributed by atoms with Gasteiger partial charge >= 0.3 is 0 Å². The van der Waals surface area contributed by atoms with Gasteiger partial charge in [-0.2, -0.15) is 0 Å². The van der Waals surface area contributed by atoms with Crippen LogP contribution in [-0.4, -0.2) is 28.5 Å². The van der Waals surface area contributed by atoms with Gasteiger partial charge in [0.25, 0.3) is 5.91 Å². The van der Waals surface area contributed by atoms with Crippen molar-refractivity contribution in [1.82, 2.24) is 9.55 Å². The Hall–Kier alpha value is -3.08. The number of carbonyl (C=O) groups excluding carboxylic acids is 1. The second kappa shape index (κ2) is 7.04. The fraction of sp³-hybridized carbons (Fsp3) is 0.238. The fourth-order valence-corrected chi connectivity index (χ4v) is 3.40. The van der Waals surface area contributed by atoms with Crippen molar-refractivity contribution >= 4 is 17.3 Å². The third-order valence-electron chi connectivity index (χ3n) is 4.83. The zero-order chi connectivity index (χ0) is 17.9. The molecule has 1 fully saturated rings. The van der Waals surface area contributed by atoms with Gasteiger partial charge in [-0.3, -0.25) is 9.36 Å². The monoisotopic (exact) mass is 346 g/mol. The minimum atomic E-state index is -0.164. The molecule has 26 heavy (non-hydrogen) atoms. The number of nitrogens with zero attached hydrogens (tertiary/aromatic N) is 3. The second-order valence-electron chi connectivity index (χ2n) is 6.63. The summed E-state index contributed by atoms with van der Waals surface area (Å²) >= 11 is 0. The van der Waals surface area contributed by atoms with Crippen molar-refractivity contribution < 1.29 is 4.79 Å². The molecule has 1 N–H and O–H groups in total. The van der Waals surface area contributed by atoms with Crippen LogP contribution in [0.25, 0.3) is 5.69 Å². The molecule has 0 bridgehead atoms. The van der Waals surface area contributed by atoms with Crippen LogP contribution in [0.15, 0.2) is 61.1 Å². The zero-order valence-corrected chi connectivity index (χ0v) is 14.9. The van der Waals surface area contributed by atoms with Crippen molar-refractivity contribution in [2.75, 3.05) is 23.3 Å². The van der Waals surface area contributed by atoms with Crippen LogP contribution in [0.3, 0.4) is 0 Å². The number of anilines is 2. The predicted octanol–water partition coefficient (Wildman–Crippen LogP) is 4.03. The Morgan fingerprint density at radius 3 is 2.54 bits per heavy atom. The molecule has 3 aromatic rings. The first-order valence-corrected chi connectivity index (χ1v) is 8.97. The van der Waals surface area contributed by atoms with E-state index in [1.807, 2.05) is 43.3 Å². The van der Waals surface area contributed by atoms with Gasteiger partial charge in [-0.15, -0.1) is 0 Å². The Kier molecular flexibility index (Phi) is 4.44. The lowest BCUT2D eigenvalue weighted by atomic mass is 10.1. The summed E-state index contributed by atoms with van der Waals surface area (Å²) in [6.07, 6.45) is 5.76. The van der Waals surface area contributed by atoms with Gasteiger partial charge in [0.05, 0.1) is 12.5 Å². The summed E-state index contributed by atoms with van der Waals surface area (Å²) in [6.45, 7) is 4.26. The lowest BCUT2D eigenvalue weighted by Gasteiger charge is -2.19. The molecule has 1 aliphatic rings. The Morgan fingerprint density at radius 1 is 1.04 bits per heavy atom. The Bertz CT molecular complexity index is 911. The molecule has 5 nitrogen and oxygen atoms in total. The summed E-state index contributed by atoms with van der Waals surface area (Å²) in [4.78, 5) is 19.3. The van der Waals surface area contributed by atoms with Crippen LogP contribution >= 0.6 is 0 Å². The van der Waals surface area contributed by atoms with Crippen molar-refractivity contribution in [2.24, 2.45) is 0 Å². The van der Waals surface area contributed by atoms with Gasteiger partial charge in [0, 0.05) is 30.2 Å². The molecule has 0 saturated carbocycles. The fourth-order valence-electron chi connectivity index (χ4n) is 3.40.